The summed E-state index contributed by atoms with van der Waals surface area (Å²) in [5.74, 6) is -1.43. The standard InChI is InChI=1S/C18H18N4O4/c23-17(19-14-5-4-8-16(13-14)22(25)26)18(24)21-11-9-20(10-12-21)15-6-2-1-3-7-15/h1-8,13H,9-12H2,(H,19,23). The van der Waals surface area contributed by atoms with Gasteiger partial charge in [0.15, 0.2) is 0 Å². The van der Waals surface area contributed by atoms with Gasteiger partial charge in [0, 0.05) is 49.7 Å². The lowest BCUT2D eigenvalue weighted by Gasteiger charge is -2.35. The van der Waals surface area contributed by atoms with Gasteiger partial charge in [-0.3, -0.25) is 19.7 Å². The highest BCUT2D eigenvalue weighted by Gasteiger charge is 2.26. The van der Waals surface area contributed by atoms with E-state index in [1.165, 1.54) is 29.2 Å². The van der Waals surface area contributed by atoms with Gasteiger partial charge in [-0.1, -0.05) is 24.3 Å². The fourth-order valence-electron chi connectivity index (χ4n) is 2.83. The van der Waals surface area contributed by atoms with Crippen LogP contribution < -0.4 is 10.2 Å². The lowest BCUT2D eigenvalue weighted by atomic mass is 10.2. The summed E-state index contributed by atoms with van der Waals surface area (Å²) in [5.41, 5.74) is 1.16. The van der Waals surface area contributed by atoms with Crippen LogP contribution in [-0.4, -0.2) is 47.8 Å². The fourth-order valence-corrected chi connectivity index (χ4v) is 2.83. The Morgan fingerprint density at radius 1 is 0.962 bits per heavy atom. The molecule has 0 saturated carbocycles. The average molecular weight is 354 g/mol. The van der Waals surface area contributed by atoms with Crippen molar-refractivity contribution >= 4 is 28.9 Å². The molecule has 1 aliphatic heterocycles. The predicted octanol–water partition coefficient (Wildman–Crippen LogP) is 1.88. The third-order valence-corrected chi connectivity index (χ3v) is 4.20. The number of nitro benzene ring substituents is 1. The van der Waals surface area contributed by atoms with Gasteiger partial charge >= 0.3 is 11.8 Å². The molecular formula is C18H18N4O4. The lowest BCUT2D eigenvalue weighted by Crippen LogP contribution is -2.51. The summed E-state index contributed by atoms with van der Waals surface area (Å²) in [5, 5.41) is 13.2. The number of amides is 2. The smallest absolute Gasteiger partial charge is 0.313 e. The van der Waals surface area contributed by atoms with Crippen LogP contribution in [0.4, 0.5) is 17.1 Å². The number of carbonyl (C=O) groups excluding carboxylic acids is 2. The van der Waals surface area contributed by atoms with E-state index in [-0.39, 0.29) is 11.4 Å². The molecule has 0 atom stereocenters. The third kappa shape index (κ3) is 3.97. The maximum absolute atomic E-state index is 12.3. The minimum atomic E-state index is -0.793. The number of non-ortho nitro benzene ring substituents is 1. The number of hydrogen-bond acceptors (Lipinski definition) is 5. The van der Waals surface area contributed by atoms with Gasteiger partial charge in [-0.15, -0.1) is 0 Å². The zero-order valence-corrected chi connectivity index (χ0v) is 14.0. The molecular weight excluding hydrogens is 336 g/mol. The Morgan fingerprint density at radius 3 is 2.31 bits per heavy atom. The van der Waals surface area contributed by atoms with Crippen LogP contribution in [0.2, 0.25) is 0 Å². The van der Waals surface area contributed by atoms with Gasteiger partial charge in [-0.05, 0) is 18.2 Å². The third-order valence-electron chi connectivity index (χ3n) is 4.20. The van der Waals surface area contributed by atoms with Gasteiger partial charge in [0.2, 0.25) is 0 Å². The van der Waals surface area contributed by atoms with E-state index < -0.39 is 16.7 Å². The Balaban J connectivity index is 1.57. The minimum absolute atomic E-state index is 0.147. The molecule has 2 aromatic carbocycles. The van der Waals surface area contributed by atoms with Crippen molar-refractivity contribution in [2.24, 2.45) is 0 Å². The molecule has 8 nitrogen and oxygen atoms in total. The van der Waals surface area contributed by atoms with E-state index in [4.69, 9.17) is 0 Å². The van der Waals surface area contributed by atoms with Gasteiger partial charge in [0.1, 0.15) is 0 Å². The van der Waals surface area contributed by atoms with Crippen LogP contribution in [0, 0.1) is 10.1 Å². The number of carbonyl (C=O) groups is 2. The van der Waals surface area contributed by atoms with Crippen LogP contribution >= 0.6 is 0 Å². The van der Waals surface area contributed by atoms with Crippen molar-refractivity contribution in [3.8, 4) is 0 Å². The highest BCUT2D eigenvalue weighted by atomic mass is 16.6. The van der Waals surface area contributed by atoms with E-state index in [1.807, 2.05) is 30.3 Å². The molecule has 0 aliphatic carbocycles. The largest absolute Gasteiger partial charge is 0.368 e. The summed E-state index contributed by atoms with van der Waals surface area (Å²) < 4.78 is 0. The van der Waals surface area contributed by atoms with Crippen molar-refractivity contribution in [2.45, 2.75) is 0 Å². The number of nitrogens with one attached hydrogen (secondary N) is 1. The Bertz CT molecular complexity index is 817. The van der Waals surface area contributed by atoms with E-state index >= 15 is 0 Å². The summed E-state index contributed by atoms with van der Waals surface area (Å²) >= 11 is 0. The maximum Gasteiger partial charge on any atom is 0.313 e. The number of para-hydroxylation sites is 1. The highest BCUT2D eigenvalue weighted by molar-refractivity contribution is 6.39. The molecule has 0 radical (unpaired) electrons. The second kappa shape index (κ2) is 7.64. The van der Waals surface area contributed by atoms with E-state index in [0.29, 0.717) is 26.2 Å². The molecule has 0 unspecified atom stereocenters. The summed E-state index contributed by atoms with van der Waals surface area (Å²) in [6.45, 7) is 2.16. The summed E-state index contributed by atoms with van der Waals surface area (Å²) in [6.07, 6.45) is 0. The molecule has 1 N–H and O–H groups in total. The van der Waals surface area contributed by atoms with Crippen molar-refractivity contribution < 1.29 is 14.5 Å². The average Bonchev–Trinajstić information content (AvgIpc) is 2.68. The van der Waals surface area contributed by atoms with Crippen LogP contribution in [0.1, 0.15) is 0 Å². The van der Waals surface area contributed by atoms with Gasteiger partial charge in [-0.2, -0.15) is 0 Å². The number of piperazine rings is 1. The molecule has 0 spiro atoms. The molecule has 1 aliphatic rings. The first-order chi connectivity index (χ1) is 12.5. The molecule has 1 saturated heterocycles. The number of nitrogens with zero attached hydrogens (tertiary/aromatic N) is 3. The quantitative estimate of drug-likeness (QED) is 0.516. The maximum atomic E-state index is 12.3. The van der Waals surface area contributed by atoms with E-state index in [9.17, 15) is 19.7 Å². The summed E-state index contributed by atoms with van der Waals surface area (Å²) in [6, 6.07) is 15.4. The van der Waals surface area contributed by atoms with Crippen molar-refractivity contribution in [1.82, 2.24) is 4.90 Å². The van der Waals surface area contributed by atoms with E-state index in [2.05, 4.69) is 10.2 Å². The number of benzene rings is 2. The van der Waals surface area contributed by atoms with Crippen LogP contribution in [0.15, 0.2) is 54.6 Å². The van der Waals surface area contributed by atoms with Gasteiger partial charge in [-0.25, -0.2) is 0 Å². The zero-order chi connectivity index (χ0) is 18.5. The molecule has 3 rings (SSSR count). The van der Waals surface area contributed by atoms with Crippen molar-refractivity contribution in [1.29, 1.82) is 0 Å². The van der Waals surface area contributed by atoms with Gasteiger partial charge in [0.05, 0.1) is 4.92 Å². The molecule has 134 valence electrons. The summed E-state index contributed by atoms with van der Waals surface area (Å²) in [7, 11) is 0. The van der Waals surface area contributed by atoms with Gasteiger partial charge in [0.25, 0.3) is 5.69 Å². The van der Waals surface area contributed by atoms with Crippen LogP contribution in [0.25, 0.3) is 0 Å². The Labute approximate surface area is 150 Å². The van der Waals surface area contributed by atoms with Crippen LogP contribution in [0.3, 0.4) is 0 Å². The highest BCUT2D eigenvalue weighted by Crippen LogP contribution is 2.18. The monoisotopic (exact) mass is 354 g/mol. The van der Waals surface area contributed by atoms with E-state index in [1.54, 1.807) is 0 Å². The molecule has 0 aromatic heterocycles. The SMILES string of the molecule is O=C(Nc1cccc([N+](=O)[O-])c1)C(=O)N1CCN(c2ccccc2)CC1. The normalized spacial score (nSPS) is 14.0. The van der Waals surface area contributed by atoms with Crippen molar-refractivity contribution in [3.05, 3.63) is 64.7 Å². The lowest BCUT2D eigenvalue weighted by molar-refractivity contribution is -0.384. The fraction of sp³-hybridized carbons (Fsp3) is 0.222. The molecule has 2 amide bonds. The first-order valence-electron chi connectivity index (χ1n) is 8.19. The first-order valence-corrected chi connectivity index (χ1v) is 8.19. The van der Waals surface area contributed by atoms with Gasteiger partial charge < -0.3 is 15.1 Å². The number of anilines is 2. The minimum Gasteiger partial charge on any atom is -0.368 e. The molecule has 1 heterocycles. The summed E-state index contributed by atoms with van der Waals surface area (Å²) in [4.78, 5) is 38.4. The van der Waals surface area contributed by atoms with Crippen molar-refractivity contribution in [3.63, 3.8) is 0 Å². The Hall–Kier alpha value is -3.42. The first kappa shape index (κ1) is 17.4. The molecule has 1 fully saturated rings. The Morgan fingerprint density at radius 2 is 1.65 bits per heavy atom. The molecule has 0 bridgehead atoms. The second-order valence-corrected chi connectivity index (χ2v) is 5.88. The number of nitro groups is 1. The molecule has 8 heteroatoms. The predicted molar refractivity (Wildman–Crippen MR) is 97.0 cm³/mol. The van der Waals surface area contributed by atoms with Crippen LogP contribution in [0.5, 0.6) is 0 Å². The number of rotatable bonds is 3. The second-order valence-electron chi connectivity index (χ2n) is 5.88. The molecule has 2 aromatic rings. The van der Waals surface area contributed by atoms with Crippen molar-refractivity contribution in [2.75, 3.05) is 36.4 Å². The molecule has 26 heavy (non-hydrogen) atoms. The Kier molecular flexibility index (Phi) is 5.12. The van der Waals surface area contributed by atoms with Crippen LogP contribution in [-0.2, 0) is 9.59 Å². The zero-order valence-electron chi connectivity index (χ0n) is 14.0. The van der Waals surface area contributed by atoms with E-state index in [0.717, 1.165) is 5.69 Å². The topological polar surface area (TPSA) is 95.8 Å². The number of hydrogen-bond donors (Lipinski definition) is 1.